The first kappa shape index (κ1) is 39.0. The summed E-state index contributed by atoms with van der Waals surface area (Å²) in [6, 6.07) is 11.4. The van der Waals surface area contributed by atoms with Crippen molar-refractivity contribution in [2.75, 3.05) is 18.0 Å². The van der Waals surface area contributed by atoms with Gasteiger partial charge in [-0.05, 0) is 90.1 Å². The lowest BCUT2D eigenvalue weighted by atomic mass is 9.78. The van der Waals surface area contributed by atoms with E-state index in [-0.39, 0.29) is 21.9 Å². The number of thiocarbonyl (C=S) groups is 1. The second kappa shape index (κ2) is 15.0. The highest BCUT2D eigenvalue weighted by molar-refractivity contribution is 7.87. The summed E-state index contributed by atoms with van der Waals surface area (Å²) >= 11 is 11.1. The van der Waals surface area contributed by atoms with E-state index in [9.17, 15) is 22.6 Å². The molecule has 0 amide bonds. The van der Waals surface area contributed by atoms with Crippen LogP contribution >= 0.6 is 24.8 Å². The number of Topliss-reactive ketones (excluding diaryl/α,β-unsaturated/α-hetero) is 2. The van der Waals surface area contributed by atoms with Crippen molar-refractivity contribution in [1.82, 2.24) is 0 Å². The molecule has 0 bridgehead atoms. The lowest BCUT2D eigenvalue weighted by Gasteiger charge is -2.31. The highest BCUT2D eigenvalue weighted by Crippen LogP contribution is 2.50. The third-order valence-corrected chi connectivity index (χ3v) is 12.4. The molecule has 0 radical (unpaired) electrons. The van der Waals surface area contributed by atoms with Crippen LogP contribution in [0.1, 0.15) is 110 Å². The van der Waals surface area contributed by atoms with Crippen LogP contribution in [0.3, 0.4) is 0 Å². The Morgan fingerprint density at radius 3 is 2.14 bits per heavy atom. The Morgan fingerprint density at radius 2 is 1.53 bits per heavy atom. The van der Waals surface area contributed by atoms with Crippen molar-refractivity contribution in [1.29, 1.82) is 0 Å². The molecule has 2 aliphatic heterocycles. The molecule has 10 heteroatoms. The normalized spacial score (nSPS) is 19.2. The Bertz CT molecular complexity index is 2030. The van der Waals surface area contributed by atoms with Crippen LogP contribution < -0.4 is 4.90 Å². The standard InChI is InChI=1S/C41H50N2O5S3/c1-26-16-18-34-32(22-26)40(4,5)36(42(34)20-12-8-10-14-27(2)44)24-30-38(49)31(39(30)50)25-37-41(6,7)33-23-29(51(46,47)48)17-19-35(33)43(37)21-13-9-11-15-28(3)45/h16-19,22-25H,8-15,20-21H2,1-7H3,(H-,46,47,48,49,50)/p+1. The van der Waals surface area contributed by atoms with E-state index in [2.05, 4.69) is 74.4 Å². The minimum atomic E-state index is -4.38. The van der Waals surface area contributed by atoms with Crippen LogP contribution in [-0.4, -0.2) is 52.8 Å². The van der Waals surface area contributed by atoms with Gasteiger partial charge < -0.3 is 14.5 Å². The number of thiol groups is 1. The number of fused-ring (bicyclic) bond motifs is 2. The number of rotatable bonds is 15. The molecule has 0 atom stereocenters. The molecule has 0 saturated carbocycles. The zero-order valence-electron chi connectivity index (χ0n) is 30.9. The average molecular weight is 748 g/mol. The second-order valence-corrected chi connectivity index (χ2v) is 17.6. The molecule has 5 rings (SSSR count). The van der Waals surface area contributed by atoms with E-state index < -0.39 is 15.5 Å². The molecule has 1 aliphatic carbocycles. The zero-order valence-corrected chi connectivity index (χ0v) is 33.5. The number of hydrogen-bond acceptors (Lipinski definition) is 7. The summed E-state index contributed by atoms with van der Waals surface area (Å²) in [5, 5.41) is 0. The molecule has 2 heterocycles. The van der Waals surface area contributed by atoms with Crippen LogP contribution in [0.4, 0.5) is 11.4 Å². The molecule has 3 aliphatic rings. The van der Waals surface area contributed by atoms with E-state index >= 15 is 0 Å². The van der Waals surface area contributed by atoms with E-state index in [1.807, 2.05) is 0 Å². The summed E-state index contributed by atoms with van der Waals surface area (Å²) in [6.45, 7) is 15.5. The van der Waals surface area contributed by atoms with E-state index in [0.717, 1.165) is 82.9 Å². The molecule has 7 nitrogen and oxygen atoms in total. The van der Waals surface area contributed by atoms with Gasteiger partial charge in [-0.25, -0.2) is 0 Å². The van der Waals surface area contributed by atoms with Gasteiger partial charge in [0, 0.05) is 76.4 Å². The third-order valence-electron chi connectivity index (χ3n) is 10.6. The maximum absolute atomic E-state index is 12.1. The Balaban J connectivity index is 1.52. The van der Waals surface area contributed by atoms with Gasteiger partial charge in [-0.3, -0.25) is 4.55 Å². The van der Waals surface area contributed by atoms with E-state index in [4.69, 9.17) is 24.8 Å². The monoisotopic (exact) mass is 747 g/mol. The molecule has 2 aromatic rings. The number of nitrogens with zero attached hydrogens (tertiary/aromatic N) is 2. The maximum atomic E-state index is 12.1. The van der Waals surface area contributed by atoms with Crippen LogP contribution in [0.2, 0.25) is 0 Å². The van der Waals surface area contributed by atoms with Crippen LogP contribution in [0.5, 0.6) is 0 Å². The zero-order chi connectivity index (χ0) is 37.5. The molecule has 0 spiro atoms. The lowest BCUT2D eigenvalue weighted by molar-refractivity contribution is -0.438. The Hall–Kier alpha value is -3.18. The smallest absolute Gasteiger partial charge is 0.294 e. The molecule has 0 saturated heterocycles. The third kappa shape index (κ3) is 7.94. The van der Waals surface area contributed by atoms with Crippen molar-refractivity contribution in [2.45, 2.75) is 116 Å². The summed E-state index contributed by atoms with van der Waals surface area (Å²) in [5.74, 6) is 0.413. The van der Waals surface area contributed by atoms with E-state index in [1.165, 1.54) is 28.6 Å². The Labute approximate surface area is 314 Å². The van der Waals surface area contributed by atoms with Crippen molar-refractivity contribution >= 4 is 68.5 Å². The average Bonchev–Trinajstić information content (AvgIpc) is 3.38. The van der Waals surface area contributed by atoms with Crippen molar-refractivity contribution in [3.63, 3.8) is 0 Å². The molecule has 272 valence electrons. The summed E-state index contributed by atoms with van der Waals surface area (Å²) in [7, 11) is -4.38. The van der Waals surface area contributed by atoms with Gasteiger partial charge in [-0.1, -0.05) is 50.2 Å². The number of anilines is 1. The number of carbonyl (C=O) groups is 2. The number of ketones is 2. The molecule has 51 heavy (non-hydrogen) atoms. The van der Waals surface area contributed by atoms with Gasteiger partial charge in [-0.2, -0.15) is 13.0 Å². The first-order valence-corrected chi connectivity index (χ1v) is 20.2. The minimum Gasteiger partial charge on any atom is -0.344 e. The van der Waals surface area contributed by atoms with Crippen LogP contribution in [0, 0.1) is 6.92 Å². The summed E-state index contributed by atoms with van der Waals surface area (Å²) in [4.78, 5) is 26.9. The van der Waals surface area contributed by atoms with Crippen molar-refractivity contribution in [3.8, 4) is 0 Å². The molecular weight excluding hydrogens is 697 g/mol. The molecule has 0 unspecified atom stereocenters. The summed E-state index contributed by atoms with van der Waals surface area (Å²) in [6.07, 6.45) is 10.9. The lowest BCUT2D eigenvalue weighted by Crippen LogP contribution is -2.31. The summed E-state index contributed by atoms with van der Waals surface area (Å²) < 4.78 is 36.3. The number of hydrogen-bond donors (Lipinski definition) is 2. The fourth-order valence-electron chi connectivity index (χ4n) is 7.63. The van der Waals surface area contributed by atoms with Crippen LogP contribution in [0.25, 0.3) is 0 Å². The number of aryl methyl sites for hydroxylation is 1. The van der Waals surface area contributed by atoms with Crippen molar-refractivity contribution in [2.24, 2.45) is 0 Å². The molecule has 1 N–H and O–H groups in total. The van der Waals surface area contributed by atoms with Crippen LogP contribution in [-0.2, 0) is 30.5 Å². The van der Waals surface area contributed by atoms with Gasteiger partial charge in [-0.15, -0.1) is 12.6 Å². The largest absolute Gasteiger partial charge is 0.344 e. The topological polar surface area (TPSA) is 94.8 Å². The molecule has 0 fully saturated rings. The van der Waals surface area contributed by atoms with Gasteiger partial charge in [0.2, 0.25) is 5.69 Å². The second-order valence-electron chi connectivity index (χ2n) is 15.3. The van der Waals surface area contributed by atoms with Crippen LogP contribution in [0.15, 0.2) is 75.2 Å². The maximum Gasteiger partial charge on any atom is 0.294 e. The van der Waals surface area contributed by atoms with Gasteiger partial charge in [0.25, 0.3) is 10.1 Å². The Kier molecular flexibility index (Phi) is 11.5. The predicted molar refractivity (Wildman–Crippen MR) is 214 cm³/mol. The van der Waals surface area contributed by atoms with Gasteiger partial charge >= 0.3 is 0 Å². The molecule has 0 aromatic heterocycles. The molecular formula is C41H51N2O5S3+. The quantitative estimate of drug-likeness (QED) is 0.0469. The SMILES string of the molecule is CC(=O)CCCCCN1C(=CC2=C(S)C(=CC3=[N+](CCCCCC(C)=O)c4ccc(S(=O)(=O)O)cc4C3(C)C)C2=S)C(C)(C)c2cc(C)ccc21. The number of allylic oxidation sites excluding steroid dienone is 5. The summed E-state index contributed by atoms with van der Waals surface area (Å²) in [5.41, 5.74) is 8.49. The number of carbonyl (C=O) groups excluding carboxylic acids is 2. The first-order chi connectivity index (χ1) is 23.9. The highest BCUT2D eigenvalue weighted by atomic mass is 32.2. The van der Waals surface area contributed by atoms with Crippen molar-refractivity contribution < 1.29 is 27.1 Å². The molecule has 2 aromatic carbocycles. The Morgan fingerprint density at radius 1 is 0.882 bits per heavy atom. The minimum absolute atomic E-state index is 0.133. The number of benzene rings is 2. The number of unbranched alkanes of at least 4 members (excludes halogenated alkanes) is 4. The van der Waals surface area contributed by atoms with E-state index in [1.54, 1.807) is 26.0 Å². The van der Waals surface area contributed by atoms with E-state index in [0.29, 0.717) is 19.4 Å². The highest BCUT2D eigenvalue weighted by Gasteiger charge is 2.47. The van der Waals surface area contributed by atoms with Gasteiger partial charge in [0.15, 0.2) is 5.71 Å². The first-order valence-electron chi connectivity index (χ1n) is 17.9. The fourth-order valence-corrected chi connectivity index (χ4v) is 8.96. The van der Waals surface area contributed by atoms with Gasteiger partial charge in [0.1, 0.15) is 18.1 Å². The predicted octanol–water partition coefficient (Wildman–Crippen LogP) is 9.09. The fraction of sp³-hybridized carbons (Fsp3) is 0.463. The van der Waals surface area contributed by atoms with Gasteiger partial charge in [0.05, 0.1) is 15.2 Å². The van der Waals surface area contributed by atoms with Crippen molar-refractivity contribution in [3.05, 3.63) is 87.0 Å².